The fraction of sp³-hybridized carbons (Fsp3) is 0.0667. The molecule has 0 spiro atoms. The number of hydrogen-bond donors (Lipinski definition) is 3. The summed E-state index contributed by atoms with van der Waals surface area (Å²) in [6.45, 7) is 0.245. The standard InChI is InChI=1S/C15H13ClN2O3/c16-11-6-7-13(19)12(8-11)18-15(21)14(20)17-9-10-4-2-1-3-5-10/h1-8,19H,9H2,(H,17,20)(H,18,21). The molecule has 2 aromatic rings. The number of benzene rings is 2. The van der Waals surface area contributed by atoms with Gasteiger partial charge in [-0.3, -0.25) is 9.59 Å². The Morgan fingerprint density at radius 1 is 1.05 bits per heavy atom. The Balaban J connectivity index is 1.94. The zero-order valence-corrected chi connectivity index (χ0v) is 11.7. The van der Waals surface area contributed by atoms with Gasteiger partial charge in [-0.25, -0.2) is 0 Å². The summed E-state index contributed by atoms with van der Waals surface area (Å²) >= 11 is 5.76. The van der Waals surface area contributed by atoms with Crippen LogP contribution in [0.4, 0.5) is 5.69 Å². The van der Waals surface area contributed by atoms with Crippen LogP contribution in [0, 0.1) is 0 Å². The van der Waals surface area contributed by atoms with Gasteiger partial charge in [0.25, 0.3) is 0 Å². The first-order valence-electron chi connectivity index (χ1n) is 6.18. The van der Waals surface area contributed by atoms with E-state index in [-0.39, 0.29) is 18.0 Å². The molecule has 0 saturated carbocycles. The molecule has 21 heavy (non-hydrogen) atoms. The molecule has 0 saturated heterocycles. The molecule has 0 heterocycles. The zero-order valence-electron chi connectivity index (χ0n) is 11.0. The van der Waals surface area contributed by atoms with E-state index in [0.29, 0.717) is 5.02 Å². The Kier molecular flexibility index (Phi) is 4.79. The highest BCUT2D eigenvalue weighted by Gasteiger charge is 2.15. The Morgan fingerprint density at radius 2 is 1.76 bits per heavy atom. The van der Waals surface area contributed by atoms with Crippen molar-refractivity contribution in [3.8, 4) is 5.75 Å². The van der Waals surface area contributed by atoms with Crippen LogP contribution in [0.15, 0.2) is 48.5 Å². The van der Waals surface area contributed by atoms with E-state index in [1.807, 2.05) is 30.3 Å². The number of anilines is 1. The van der Waals surface area contributed by atoms with E-state index in [4.69, 9.17) is 11.6 Å². The van der Waals surface area contributed by atoms with Gasteiger partial charge in [0, 0.05) is 11.6 Å². The molecule has 3 N–H and O–H groups in total. The van der Waals surface area contributed by atoms with Gasteiger partial charge >= 0.3 is 11.8 Å². The fourth-order valence-electron chi connectivity index (χ4n) is 1.65. The van der Waals surface area contributed by atoms with Gasteiger partial charge < -0.3 is 15.7 Å². The lowest BCUT2D eigenvalue weighted by Gasteiger charge is -2.08. The number of amides is 2. The molecule has 0 unspecified atom stereocenters. The van der Waals surface area contributed by atoms with Crippen molar-refractivity contribution in [2.24, 2.45) is 0 Å². The highest BCUT2D eigenvalue weighted by molar-refractivity contribution is 6.40. The average molecular weight is 305 g/mol. The van der Waals surface area contributed by atoms with Crippen LogP contribution in [0.2, 0.25) is 5.02 Å². The molecule has 0 bridgehead atoms. The van der Waals surface area contributed by atoms with Crippen LogP contribution in [0.3, 0.4) is 0 Å². The molecule has 0 atom stereocenters. The normalized spacial score (nSPS) is 9.95. The second-order valence-corrected chi connectivity index (χ2v) is 4.72. The van der Waals surface area contributed by atoms with Gasteiger partial charge in [-0.05, 0) is 23.8 Å². The summed E-state index contributed by atoms with van der Waals surface area (Å²) < 4.78 is 0. The number of aromatic hydroxyl groups is 1. The second kappa shape index (κ2) is 6.76. The summed E-state index contributed by atoms with van der Waals surface area (Å²) in [5.74, 6) is -1.83. The monoisotopic (exact) mass is 304 g/mol. The van der Waals surface area contributed by atoms with E-state index in [9.17, 15) is 14.7 Å². The molecule has 0 aliphatic rings. The minimum Gasteiger partial charge on any atom is -0.506 e. The van der Waals surface area contributed by atoms with Crippen molar-refractivity contribution in [2.75, 3.05) is 5.32 Å². The number of phenols is 1. The topological polar surface area (TPSA) is 78.4 Å². The van der Waals surface area contributed by atoms with Crippen molar-refractivity contribution >= 4 is 29.1 Å². The maximum Gasteiger partial charge on any atom is 0.313 e. The summed E-state index contributed by atoms with van der Waals surface area (Å²) in [6, 6.07) is 13.4. The highest BCUT2D eigenvalue weighted by Crippen LogP contribution is 2.26. The molecule has 0 aliphatic heterocycles. The molecule has 108 valence electrons. The predicted molar refractivity (Wildman–Crippen MR) is 80.0 cm³/mol. The number of halogens is 1. The first-order chi connectivity index (χ1) is 10.1. The molecule has 2 rings (SSSR count). The maximum absolute atomic E-state index is 11.7. The lowest BCUT2D eigenvalue weighted by Crippen LogP contribution is -2.34. The Hall–Kier alpha value is -2.53. The summed E-state index contributed by atoms with van der Waals surface area (Å²) in [5.41, 5.74) is 0.964. The van der Waals surface area contributed by atoms with Crippen molar-refractivity contribution in [3.05, 3.63) is 59.1 Å². The average Bonchev–Trinajstić information content (AvgIpc) is 2.49. The van der Waals surface area contributed by atoms with Crippen LogP contribution in [-0.4, -0.2) is 16.9 Å². The molecule has 0 fully saturated rings. The second-order valence-electron chi connectivity index (χ2n) is 4.28. The number of phenolic OH excluding ortho intramolecular Hbond substituents is 1. The van der Waals surface area contributed by atoms with Crippen molar-refractivity contribution < 1.29 is 14.7 Å². The smallest absolute Gasteiger partial charge is 0.313 e. The summed E-state index contributed by atoms with van der Waals surface area (Å²) in [5, 5.41) is 14.7. The van der Waals surface area contributed by atoms with E-state index < -0.39 is 11.8 Å². The molecule has 2 aromatic carbocycles. The van der Waals surface area contributed by atoms with Gasteiger partial charge in [-0.2, -0.15) is 0 Å². The van der Waals surface area contributed by atoms with E-state index in [2.05, 4.69) is 10.6 Å². The molecular formula is C15H13ClN2O3. The van der Waals surface area contributed by atoms with Crippen LogP contribution in [0.1, 0.15) is 5.56 Å². The summed E-state index contributed by atoms with van der Waals surface area (Å²) in [7, 11) is 0. The van der Waals surface area contributed by atoms with Gasteiger partial charge in [0.1, 0.15) is 5.75 Å². The minimum atomic E-state index is -0.872. The SMILES string of the molecule is O=C(NCc1ccccc1)C(=O)Nc1cc(Cl)ccc1O. The molecule has 0 aliphatic carbocycles. The van der Waals surface area contributed by atoms with Crippen molar-refractivity contribution in [3.63, 3.8) is 0 Å². The molecule has 6 heteroatoms. The highest BCUT2D eigenvalue weighted by atomic mass is 35.5. The largest absolute Gasteiger partial charge is 0.506 e. The maximum atomic E-state index is 11.7. The number of hydrogen-bond acceptors (Lipinski definition) is 3. The van der Waals surface area contributed by atoms with E-state index in [1.54, 1.807) is 0 Å². The van der Waals surface area contributed by atoms with Crippen LogP contribution < -0.4 is 10.6 Å². The molecule has 2 amide bonds. The van der Waals surface area contributed by atoms with Crippen molar-refractivity contribution in [1.82, 2.24) is 5.32 Å². The molecule has 5 nitrogen and oxygen atoms in total. The van der Waals surface area contributed by atoms with Gasteiger partial charge in [-0.1, -0.05) is 41.9 Å². The van der Waals surface area contributed by atoms with Gasteiger partial charge in [0.05, 0.1) is 5.69 Å². The Labute approximate surface area is 126 Å². The van der Waals surface area contributed by atoms with Crippen molar-refractivity contribution in [2.45, 2.75) is 6.54 Å². The van der Waals surface area contributed by atoms with Crippen LogP contribution >= 0.6 is 11.6 Å². The number of carbonyl (C=O) groups excluding carboxylic acids is 2. The molecule has 0 radical (unpaired) electrons. The fourth-order valence-corrected chi connectivity index (χ4v) is 1.82. The van der Waals surface area contributed by atoms with Crippen LogP contribution in [0.5, 0.6) is 5.75 Å². The van der Waals surface area contributed by atoms with Crippen molar-refractivity contribution in [1.29, 1.82) is 0 Å². The molecule has 0 aromatic heterocycles. The van der Waals surface area contributed by atoms with E-state index in [1.165, 1.54) is 18.2 Å². The van der Waals surface area contributed by atoms with Gasteiger partial charge in [0.2, 0.25) is 0 Å². The Morgan fingerprint density at radius 3 is 2.48 bits per heavy atom. The third-order valence-electron chi connectivity index (χ3n) is 2.71. The van der Waals surface area contributed by atoms with E-state index >= 15 is 0 Å². The van der Waals surface area contributed by atoms with Gasteiger partial charge in [-0.15, -0.1) is 0 Å². The lowest BCUT2D eigenvalue weighted by atomic mass is 10.2. The quantitative estimate of drug-likeness (QED) is 0.601. The van der Waals surface area contributed by atoms with Crippen LogP contribution in [-0.2, 0) is 16.1 Å². The zero-order chi connectivity index (χ0) is 15.2. The first-order valence-corrected chi connectivity index (χ1v) is 6.55. The Bertz CT molecular complexity index is 659. The first kappa shape index (κ1) is 14.9. The van der Waals surface area contributed by atoms with Crippen LogP contribution in [0.25, 0.3) is 0 Å². The predicted octanol–water partition coefficient (Wildman–Crippen LogP) is 2.30. The molecular weight excluding hydrogens is 292 g/mol. The minimum absolute atomic E-state index is 0.0855. The van der Waals surface area contributed by atoms with Gasteiger partial charge in [0.15, 0.2) is 0 Å². The van der Waals surface area contributed by atoms with E-state index in [0.717, 1.165) is 5.56 Å². The number of rotatable bonds is 3. The number of nitrogens with one attached hydrogen (secondary N) is 2. The third kappa shape index (κ3) is 4.22. The lowest BCUT2D eigenvalue weighted by molar-refractivity contribution is -0.136. The summed E-state index contributed by atoms with van der Waals surface area (Å²) in [6.07, 6.45) is 0. The third-order valence-corrected chi connectivity index (χ3v) is 2.94. The summed E-state index contributed by atoms with van der Waals surface area (Å²) in [4.78, 5) is 23.4. The number of carbonyl (C=O) groups is 2.